The Morgan fingerprint density at radius 2 is 2.14 bits per heavy atom. The van der Waals surface area contributed by atoms with Crippen LogP contribution in [0.3, 0.4) is 0 Å². The van der Waals surface area contributed by atoms with Crippen LogP contribution in [0.15, 0.2) is 4.99 Å². The summed E-state index contributed by atoms with van der Waals surface area (Å²) in [5, 5.41) is 4.47. The van der Waals surface area contributed by atoms with E-state index in [0.29, 0.717) is 6.10 Å². The number of anilines is 1. The molecule has 0 radical (unpaired) electrons. The topological polar surface area (TPSA) is 75.1 Å². The lowest BCUT2D eigenvalue weighted by atomic mass is 10.2. The number of aromatic nitrogens is 2. The van der Waals surface area contributed by atoms with Crippen molar-refractivity contribution in [1.29, 1.82) is 0 Å². The van der Waals surface area contributed by atoms with Crippen LogP contribution < -0.4 is 10.2 Å². The van der Waals surface area contributed by atoms with Crippen molar-refractivity contribution in [3.63, 3.8) is 0 Å². The van der Waals surface area contributed by atoms with Gasteiger partial charge in [0.05, 0.1) is 12.7 Å². The summed E-state index contributed by atoms with van der Waals surface area (Å²) in [6.45, 7) is 12.0. The van der Waals surface area contributed by atoms with Crippen molar-refractivity contribution in [2.45, 2.75) is 45.6 Å². The predicted molar refractivity (Wildman–Crippen MR) is 129 cm³/mol. The maximum Gasteiger partial charge on any atom is 0.205 e. The molecule has 1 atom stereocenters. The maximum absolute atomic E-state index is 5.73. The monoisotopic (exact) mass is 538 g/mol. The summed E-state index contributed by atoms with van der Waals surface area (Å²) in [4.78, 5) is 14.1. The minimum absolute atomic E-state index is 0. The van der Waals surface area contributed by atoms with E-state index in [0.717, 1.165) is 102 Å². The highest BCUT2D eigenvalue weighted by Gasteiger charge is 2.22. The Labute approximate surface area is 195 Å². The van der Waals surface area contributed by atoms with Gasteiger partial charge in [-0.15, -0.1) is 24.0 Å². The molecule has 2 fully saturated rings. The van der Waals surface area contributed by atoms with Crippen molar-refractivity contribution in [3.8, 4) is 0 Å². The van der Waals surface area contributed by atoms with Crippen molar-refractivity contribution in [2.75, 3.05) is 64.0 Å². The molecule has 8 nitrogen and oxygen atoms in total. The van der Waals surface area contributed by atoms with Crippen LogP contribution in [0.4, 0.5) is 5.13 Å². The van der Waals surface area contributed by atoms with Gasteiger partial charge in [-0.1, -0.05) is 6.92 Å². The van der Waals surface area contributed by atoms with E-state index in [9.17, 15) is 0 Å². The summed E-state index contributed by atoms with van der Waals surface area (Å²) >= 11 is 1.51. The second kappa shape index (κ2) is 13.6. The van der Waals surface area contributed by atoms with Gasteiger partial charge < -0.3 is 24.6 Å². The molecule has 2 saturated heterocycles. The smallest absolute Gasteiger partial charge is 0.205 e. The van der Waals surface area contributed by atoms with E-state index in [-0.39, 0.29) is 24.0 Å². The fourth-order valence-electron chi connectivity index (χ4n) is 3.39. The molecule has 3 rings (SSSR count). The second-order valence-corrected chi connectivity index (χ2v) is 7.85. The van der Waals surface area contributed by atoms with E-state index >= 15 is 0 Å². The lowest BCUT2D eigenvalue weighted by molar-refractivity contribution is 0.0170. The van der Waals surface area contributed by atoms with Crippen LogP contribution in [0, 0.1) is 0 Å². The van der Waals surface area contributed by atoms with Crippen LogP contribution >= 0.6 is 35.5 Å². The first-order valence-electron chi connectivity index (χ1n) is 10.6. The molecule has 166 valence electrons. The Hall–Kier alpha value is -0.720. The van der Waals surface area contributed by atoms with Gasteiger partial charge in [-0.25, -0.2) is 4.98 Å². The average Bonchev–Trinajstić information content (AvgIpc) is 3.42. The number of aliphatic imine (C=N–C) groups is 1. The minimum Gasteiger partial charge on any atom is -0.379 e. The summed E-state index contributed by atoms with van der Waals surface area (Å²) < 4.78 is 15.7. The fourth-order valence-corrected chi connectivity index (χ4v) is 4.20. The number of nitrogens with one attached hydrogen (secondary N) is 1. The number of aryl methyl sites for hydroxylation is 1. The highest BCUT2D eigenvalue weighted by Crippen LogP contribution is 2.19. The Morgan fingerprint density at radius 3 is 2.79 bits per heavy atom. The van der Waals surface area contributed by atoms with Gasteiger partial charge in [-0.3, -0.25) is 4.99 Å². The van der Waals surface area contributed by atoms with Gasteiger partial charge in [-0.05, 0) is 26.2 Å². The van der Waals surface area contributed by atoms with Gasteiger partial charge in [0, 0.05) is 70.4 Å². The summed E-state index contributed by atoms with van der Waals surface area (Å²) in [5.74, 6) is 1.95. The third-order valence-corrected chi connectivity index (χ3v) is 5.81. The van der Waals surface area contributed by atoms with Gasteiger partial charge in [0.2, 0.25) is 5.13 Å². The first-order valence-corrected chi connectivity index (χ1v) is 11.4. The summed E-state index contributed by atoms with van der Waals surface area (Å²) in [6.07, 6.45) is 4.43. The number of halogens is 1. The van der Waals surface area contributed by atoms with E-state index in [4.69, 9.17) is 14.5 Å². The number of guanidine groups is 1. The van der Waals surface area contributed by atoms with Gasteiger partial charge >= 0.3 is 0 Å². The molecule has 1 aromatic rings. The molecular weight excluding hydrogens is 503 g/mol. The van der Waals surface area contributed by atoms with Crippen molar-refractivity contribution >= 4 is 46.6 Å². The van der Waals surface area contributed by atoms with Crippen LogP contribution in [-0.4, -0.2) is 85.4 Å². The number of hydrogen-bond acceptors (Lipinski definition) is 7. The summed E-state index contributed by atoms with van der Waals surface area (Å²) in [5.41, 5.74) is 0. The standard InChI is InChI=1S/C19H34N6O2S.HI/c1-3-17-22-19(28-23-17)25-11-9-24(10-12-25)18(20-4-2)21-8-6-13-26-15-16-7-5-14-27-16;/h16H,3-15H2,1-2H3,(H,20,21);1H. The van der Waals surface area contributed by atoms with Crippen molar-refractivity contribution in [1.82, 2.24) is 19.6 Å². The zero-order valence-corrected chi connectivity index (χ0v) is 20.8. The molecular formula is C19H35IN6O2S. The van der Waals surface area contributed by atoms with Gasteiger partial charge in [0.15, 0.2) is 5.96 Å². The quantitative estimate of drug-likeness (QED) is 0.224. The van der Waals surface area contributed by atoms with Crippen LogP contribution in [0.25, 0.3) is 0 Å². The predicted octanol–water partition coefficient (Wildman–Crippen LogP) is 2.39. The summed E-state index contributed by atoms with van der Waals surface area (Å²) in [6, 6.07) is 0. The highest BCUT2D eigenvalue weighted by molar-refractivity contribution is 14.0. The van der Waals surface area contributed by atoms with E-state index in [2.05, 4.69) is 38.3 Å². The number of nitrogens with zero attached hydrogens (tertiary/aromatic N) is 5. The first-order chi connectivity index (χ1) is 13.8. The SMILES string of the molecule is CCNC(=NCCCOCC1CCCO1)N1CCN(c2nc(CC)ns2)CC1.I. The third-order valence-electron chi connectivity index (χ3n) is 4.99. The molecule has 0 aliphatic carbocycles. The zero-order valence-electron chi connectivity index (χ0n) is 17.6. The molecule has 0 saturated carbocycles. The van der Waals surface area contributed by atoms with E-state index in [1.165, 1.54) is 11.5 Å². The highest BCUT2D eigenvalue weighted by atomic mass is 127. The fraction of sp³-hybridized carbons (Fsp3) is 0.842. The number of ether oxygens (including phenoxy) is 2. The zero-order chi connectivity index (χ0) is 19.6. The molecule has 0 amide bonds. The molecule has 1 aromatic heterocycles. The Bertz CT molecular complexity index is 603. The largest absolute Gasteiger partial charge is 0.379 e. The minimum atomic E-state index is 0. The van der Waals surface area contributed by atoms with Crippen LogP contribution in [-0.2, 0) is 15.9 Å². The Morgan fingerprint density at radius 1 is 1.31 bits per heavy atom. The lowest BCUT2D eigenvalue weighted by Gasteiger charge is -2.36. The molecule has 0 bridgehead atoms. The first kappa shape index (κ1) is 24.5. The Kier molecular flexibility index (Phi) is 11.5. The third kappa shape index (κ3) is 7.80. The molecule has 2 aliphatic rings. The van der Waals surface area contributed by atoms with E-state index < -0.39 is 0 Å². The van der Waals surface area contributed by atoms with E-state index in [1.54, 1.807) is 0 Å². The van der Waals surface area contributed by atoms with Crippen molar-refractivity contribution in [3.05, 3.63) is 5.82 Å². The molecule has 3 heterocycles. The lowest BCUT2D eigenvalue weighted by Crippen LogP contribution is -2.52. The van der Waals surface area contributed by atoms with Crippen molar-refractivity contribution < 1.29 is 9.47 Å². The van der Waals surface area contributed by atoms with Crippen LogP contribution in [0.5, 0.6) is 0 Å². The molecule has 0 aromatic carbocycles. The van der Waals surface area contributed by atoms with E-state index in [1.807, 2.05) is 0 Å². The van der Waals surface area contributed by atoms with Crippen molar-refractivity contribution in [2.24, 2.45) is 4.99 Å². The van der Waals surface area contributed by atoms with Gasteiger partial charge in [-0.2, -0.15) is 4.37 Å². The summed E-state index contributed by atoms with van der Waals surface area (Å²) in [7, 11) is 0. The van der Waals surface area contributed by atoms with Crippen LogP contribution in [0.1, 0.15) is 38.9 Å². The second-order valence-electron chi connectivity index (χ2n) is 7.12. The molecule has 10 heteroatoms. The maximum atomic E-state index is 5.73. The molecule has 29 heavy (non-hydrogen) atoms. The molecule has 0 spiro atoms. The molecule has 1 N–H and O–H groups in total. The van der Waals surface area contributed by atoms with Gasteiger partial charge in [0.1, 0.15) is 5.82 Å². The molecule has 2 aliphatic heterocycles. The average molecular weight is 539 g/mol. The number of rotatable bonds is 9. The number of hydrogen-bond donors (Lipinski definition) is 1. The normalized spacial score (nSPS) is 20.1. The molecule has 1 unspecified atom stereocenters. The Balaban J connectivity index is 0.00000300. The van der Waals surface area contributed by atoms with Crippen LogP contribution in [0.2, 0.25) is 0 Å². The number of piperazine rings is 1. The van der Waals surface area contributed by atoms with Gasteiger partial charge in [0.25, 0.3) is 0 Å².